The highest BCUT2D eigenvalue weighted by atomic mass is 15.2. The highest BCUT2D eigenvalue weighted by Gasteiger charge is 2.08. The molecule has 16 heavy (non-hydrogen) atoms. The Labute approximate surface area is 98.7 Å². The zero-order chi connectivity index (χ0) is 12.1. The summed E-state index contributed by atoms with van der Waals surface area (Å²) < 4.78 is 0. The normalized spacial score (nSPS) is 14.6. The Bertz CT molecular complexity index is 305. The van der Waals surface area contributed by atoms with E-state index in [1.807, 2.05) is 13.1 Å². The Morgan fingerprint density at radius 1 is 1.38 bits per heavy atom. The quantitative estimate of drug-likeness (QED) is 0.829. The third-order valence-corrected chi connectivity index (χ3v) is 2.98. The number of nitrogens with two attached hydrogens (primary N) is 1. The van der Waals surface area contributed by atoms with Crippen LogP contribution in [0.25, 0.3) is 0 Å². The summed E-state index contributed by atoms with van der Waals surface area (Å²) in [4.78, 5) is 6.68. The Hall–Kier alpha value is -1.09. The molecule has 1 heterocycles. The van der Waals surface area contributed by atoms with Gasteiger partial charge >= 0.3 is 0 Å². The van der Waals surface area contributed by atoms with Crippen LogP contribution in [0.15, 0.2) is 18.3 Å². The molecule has 0 amide bonds. The average molecular weight is 221 g/mol. The molecule has 3 nitrogen and oxygen atoms in total. The fourth-order valence-corrected chi connectivity index (χ4v) is 1.62. The summed E-state index contributed by atoms with van der Waals surface area (Å²) in [6, 6.07) is 4.90. The number of anilines is 1. The topological polar surface area (TPSA) is 42.1 Å². The predicted octanol–water partition coefficient (Wildman–Crippen LogP) is 2.21. The van der Waals surface area contributed by atoms with Gasteiger partial charge in [0.2, 0.25) is 0 Å². The zero-order valence-electron chi connectivity index (χ0n) is 10.8. The molecule has 1 aromatic heterocycles. The van der Waals surface area contributed by atoms with Crippen molar-refractivity contribution in [1.82, 2.24) is 4.98 Å². The van der Waals surface area contributed by atoms with Crippen molar-refractivity contribution in [2.45, 2.75) is 45.7 Å². The first kappa shape index (κ1) is 13.0. The van der Waals surface area contributed by atoms with Crippen LogP contribution in [0.5, 0.6) is 0 Å². The first-order valence-corrected chi connectivity index (χ1v) is 5.98. The highest BCUT2D eigenvalue weighted by molar-refractivity contribution is 5.39. The van der Waals surface area contributed by atoms with Gasteiger partial charge in [-0.25, -0.2) is 4.98 Å². The summed E-state index contributed by atoms with van der Waals surface area (Å²) in [5, 5.41) is 0. The summed E-state index contributed by atoms with van der Waals surface area (Å²) in [6.45, 7) is 6.41. The number of aromatic nitrogens is 1. The lowest BCUT2D eigenvalue weighted by Crippen LogP contribution is -2.28. The molecule has 1 rings (SSSR count). The van der Waals surface area contributed by atoms with E-state index in [2.05, 4.69) is 42.9 Å². The van der Waals surface area contributed by atoms with Gasteiger partial charge in [0.15, 0.2) is 0 Å². The maximum Gasteiger partial charge on any atom is 0.128 e. The van der Waals surface area contributed by atoms with Crippen LogP contribution in [-0.4, -0.2) is 24.1 Å². The summed E-state index contributed by atoms with van der Waals surface area (Å²) in [7, 11) is 2.09. The Kier molecular flexibility index (Phi) is 4.74. The molecule has 2 unspecified atom stereocenters. The lowest BCUT2D eigenvalue weighted by Gasteiger charge is -2.24. The Morgan fingerprint density at radius 3 is 2.50 bits per heavy atom. The minimum atomic E-state index is 0.194. The van der Waals surface area contributed by atoms with E-state index in [1.54, 1.807) is 0 Å². The predicted molar refractivity (Wildman–Crippen MR) is 69.7 cm³/mol. The molecule has 2 atom stereocenters. The van der Waals surface area contributed by atoms with Crippen molar-refractivity contribution in [3.05, 3.63) is 23.9 Å². The van der Waals surface area contributed by atoms with Crippen molar-refractivity contribution in [1.29, 1.82) is 0 Å². The van der Waals surface area contributed by atoms with Gasteiger partial charge < -0.3 is 10.6 Å². The third-order valence-electron chi connectivity index (χ3n) is 2.98. The number of pyridine rings is 1. The van der Waals surface area contributed by atoms with Gasteiger partial charge in [-0.05, 0) is 38.3 Å². The van der Waals surface area contributed by atoms with E-state index >= 15 is 0 Å². The van der Waals surface area contributed by atoms with Crippen LogP contribution in [0, 0.1) is 0 Å². The summed E-state index contributed by atoms with van der Waals surface area (Å²) in [5.74, 6) is 1.03. The molecule has 2 N–H and O–H groups in total. The molecule has 0 fully saturated rings. The van der Waals surface area contributed by atoms with Gasteiger partial charge in [-0.3, -0.25) is 0 Å². The molecule has 0 aliphatic rings. The van der Waals surface area contributed by atoms with Gasteiger partial charge in [0.25, 0.3) is 0 Å². The van der Waals surface area contributed by atoms with Gasteiger partial charge in [0.05, 0.1) is 0 Å². The van der Waals surface area contributed by atoms with E-state index in [0.29, 0.717) is 6.04 Å². The van der Waals surface area contributed by atoms with Gasteiger partial charge in [0.1, 0.15) is 5.82 Å². The zero-order valence-corrected chi connectivity index (χ0v) is 10.8. The van der Waals surface area contributed by atoms with Crippen molar-refractivity contribution in [2.24, 2.45) is 5.73 Å². The lowest BCUT2D eigenvalue weighted by molar-refractivity contribution is 0.656. The molecule has 0 saturated heterocycles. The second-order valence-corrected chi connectivity index (χ2v) is 4.57. The second kappa shape index (κ2) is 5.85. The van der Waals surface area contributed by atoms with Crippen LogP contribution >= 0.6 is 0 Å². The third kappa shape index (κ3) is 3.49. The summed E-state index contributed by atoms with van der Waals surface area (Å²) >= 11 is 0. The van der Waals surface area contributed by atoms with Crippen molar-refractivity contribution >= 4 is 5.82 Å². The van der Waals surface area contributed by atoms with Crippen LogP contribution in [0.4, 0.5) is 5.82 Å². The molecule has 0 aliphatic carbocycles. The maximum atomic E-state index is 5.75. The molecule has 0 bridgehead atoms. The van der Waals surface area contributed by atoms with Crippen LogP contribution < -0.4 is 10.6 Å². The first-order chi connectivity index (χ1) is 7.54. The van der Waals surface area contributed by atoms with Gasteiger partial charge in [-0.1, -0.05) is 13.0 Å². The van der Waals surface area contributed by atoms with E-state index in [4.69, 9.17) is 5.73 Å². The summed E-state index contributed by atoms with van der Waals surface area (Å²) in [6.07, 6.45) is 3.94. The second-order valence-electron chi connectivity index (χ2n) is 4.57. The minimum Gasteiger partial charge on any atom is -0.357 e. The number of nitrogens with zero attached hydrogens (tertiary/aromatic N) is 2. The molecule has 0 spiro atoms. The number of rotatable bonds is 5. The Balaban J connectivity index is 2.70. The van der Waals surface area contributed by atoms with Gasteiger partial charge in [-0.2, -0.15) is 0 Å². The van der Waals surface area contributed by atoms with E-state index in [0.717, 1.165) is 18.7 Å². The largest absolute Gasteiger partial charge is 0.357 e. The molecule has 0 aliphatic heterocycles. The average Bonchev–Trinajstić information content (AvgIpc) is 2.27. The van der Waals surface area contributed by atoms with Crippen molar-refractivity contribution < 1.29 is 0 Å². The number of hydrogen-bond donors (Lipinski definition) is 1. The highest BCUT2D eigenvalue weighted by Crippen LogP contribution is 2.14. The van der Waals surface area contributed by atoms with E-state index in [9.17, 15) is 0 Å². The standard InChI is InChI=1S/C13H23N3/c1-5-11(3)16(4)13-7-6-12(9-15-13)8-10(2)14/h6-7,9-11H,5,8,14H2,1-4H3. The number of hydrogen-bond acceptors (Lipinski definition) is 3. The fourth-order valence-electron chi connectivity index (χ4n) is 1.62. The van der Waals surface area contributed by atoms with Crippen LogP contribution in [0.2, 0.25) is 0 Å². The van der Waals surface area contributed by atoms with Crippen molar-refractivity contribution in [3.63, 3.8) is 0 Å². The van der Waals surface area contributed by atoms with E-state index < -0.39 is 0 Å². The molecule has 0 radical (unpaired) electrons. The van der Waals surface area contributed by atoms with Crippen LogP contribution in [0.3, 0.4) is 0 Å². The van der Waals surface area contributed by atoms with Gasteiger partial charge in [-0.15, -0.1) is 0 Å². The maximum absolute atomic E-state index is 5.75. The first-order valence-electron chi connectivity index (χ1n) is 5.98. The smallest absolute Gasteiger partial charge is 0.128 e. The molecule has 90 valence electrons. The van der Waals surface area contributed by atoms with Gasteiger partial charge in [0, 0.05) is 25.3 Å². The van der Waals surface area contributed by atoms with Crippen molar-refractivity contribution in [2.75, 3.05) is 11.9 Å². The minimum absolute atomic E-state index is 0.194. The van der Waals surface area contributed by atoms with Crippen LogP contribution in [0.1, 0.15) is 32.8 Å². The lowest BCUT2D eigenvalue weighted by atomic mass is 10.1. The van der Waals surface area contributed by atoms with Crippen molar-refractivity contribution in [3.8, 4) is 0 Å². The van der Waals surface area contributed by atoms with E-state index in [-0.39, 0.29) is 6.04 Å². The molecule has 0 saturated carbocycles. The van der Waals surface area contributed by atoms with E-state index in [1.165, 1.54) is 5.56 Å². The fraction of sp³-hybridized carbons (Fsp3) is 0.615. The molecule has 3 heteroatoms. The molecular weight excluding hydrogens is 198 g/mol. The molecule has 1 aromatic rings. The molecule has 0 aromatic carbocycles. The Morgan fingerprint density at radius 2 is 2.06 bits per heavy atom. The molecular formula is C13H23N3. The summed E-state index contributed by atoms with van der Waals surface area (Å²) in [5.41, 5.74) is 6.96. The monoisotopic (exact) mass is 221 g/mol. The SMILES string of the molecule is CCC(C)N(C)c1ccc(CC(C)N)cn1. The van der Waals surface area contributed by atoms with Crippen LogP contribution in [-0.2, 0) is 6.42 Å².